The van der Waals surface area contributed by atoms with Gasteiger partial charge in [0, 0.05) is 15.1 Å². The fraction of sp³-hybridized carbons (Fsp3) is 1.00. The summed E-state index contributed by atoms with van der Waals surface area (Å²) in [7, 11) is -8.35. The summed E-state index contributed by atoms with van der Waals surface area (Å²) in [5.41, 5.74) is 0. The van der Waals surface area contributed by atoms with Crippen molar-refractivity contribution in [3.63, 3.8) is 0 Å². The average molecular weight is 661 g/mol. The van der Waals surface area contributed by atoms with Gasteiger partial charge in [-0.25, -0.2) is 0 Å². The van der Waals surface area contributed by atoms with Gasteiger partial charge in [0.25, 0.3) is 0 Å². The van der Waals surface area contributed by atoms with Crippen LogP contribution in [0.1, 0.15) is 83.1 Å². The monoisotopic (exact) mass is 660 g/mol. The van der Waals surface area contributed by atoms with E-state index in [0.29, 0.717) is 0 Å². The maximum Gasteiger partial charge on any atom is 0.332 e. The fourth-order valence-electron chi connectivity index (χ4n) is 5.83. The molecule has 0 amide bonds. The first-order valence-corrected chi connectivity index (χ1v) is 26.6. The fourth-order valence-corrected chi connectivity index (χ4v) is 39.6. The van der Waals surface area contributed by atoms with Crippen LogP contribution in [-0.2, 0) is 24.7 Å². The maximum atomic E-state index is 7.89. The number of hydrogen-bond donors (Lipinski definition) is 0. The molecule has 1 atom stereocenters. The normalized spacial score (nSPS) is 28.1. The Morgan fingerprint density at radius 2 is 0.806 bits per heavy atom. The molecule has 1 aliphatic rings. The van der Waals surface area contributed by atoms with Crippen molar-refractivity contribution in [2.24, 2.45) is 0 Å². The van der Waals surface area contributed by atoms with Crippen LogP contribution in [0.15, 0.2) is 0 Å². The third-order valence-electron chi connectivity index (χ3n) is 10.5. The third-order valence-corrected chi connectivity index (χ3v) is 36.8. The lowest BCUT2D eigenvalue weighted by atomic mass is 9.96. The molecule has 216 valence electrons. The smallest absolute Gasteiger partial charge is 0.332 e. The van der Waals surface area contributed by atoms with Crippen molar-refractivity contribution in [1.82, 2.24) is 0 Å². The van der Waals surface area contributed by atoms with Crippen LogP contribution in [0.2, 0.25) is 49.9 Å². The molecular weight excluding hydrogens is 601 g/mol. The Morgan fingerprint density at radius 3 is 1.11 bits per heavy atom. The van der Waals surface area contributed by atoms with E-state index >= 15 is 0 Å². The molecule has 0 aromatic rings. The van der Waals surface area contributed by atoms with E-state index in [1.165, 1.54) is 0 Å². The lowest BCUT2D eigenvalue weighted by molar-refractivity contribution is 0.135. The molecule has 0 bridgehead atoms. The lowest BCUT2D eigenvalue weighted by Crippen LogP contribution is -2.78. The second-order valence-corrected chi connectivity index (χ2v) is 40.3. The summed E-state index contributed by atoms with van der Waals surface area (Å²) in [5.74, 6) is 0. The molecule has 1 fully saturated rings. The molecule has 0 aliphatic carbocycles. The minimum absolute atomic E-state index is 0.00136. The second kappa shape index (κ2) is 11.2. The standard InChI is InChI=1S/C21H60O6Si9/c1-16(2,31-22-28)19(7,8)35(15)25-34(13,14)26-36(27-35,20(9,10)17(3,4)32-23-29)21(11,12)18(5,6)33-24-30/h31-33H2,1-15,28-30H3. The molecule has 1 saturated heterocycles. The summed E-state index contributed by atoms with van der Waals surface area (Å²) < 4.78 is 40.8. The largest absolute Gasteiger partial charge is 0.468 e. The number of rotatable bonds is 12. The van der Waals surface area contributed by atoms with Gasteiger partial charge in [0.05, 0.1) is 0 Å². The zero-order valence-corrected chi connectivity index (χ0v) is 40.3. The highest BCUT2D eigenvalue weighted by Gasteiger charge is 2.77. The molecule has 0 N–H and O–H groups in total. The molecular formula is C21H60O6Si9. The van der Waals surface area contributed by atoms with E-state index < -0.39 is 55.0 Å². The average Bonchev–Trinajstić information content (AvgIpc) is 2.65. The Labute approximate surface area is 243 Å². The summed E-state index contributed by atoms with van der Waals surface area (Å²) in [6.07, 6.45) is 0. The van der Waals surface area contributed by atoms with Crippen LogP contribution in [0, 0.1) is 0 Å². The second-order valence-electron chi connectivity index (χ2n) is 15.1. The SMILES string of the molecule is CC(C)([SiH2]O[SiH3])C(C)(C)[Si]1(C)O[Si](C)(C)O[Si](C(C)(C)C(C)(C)[SiH2]O[SiH3])(C(C)(C)C(C)(C)[SiH2]O[SiH3])O1. The molecule has 15 heteroatoms. The van der Waals surface area contributed by atoms with Crippen LogP contribution < -0.4 is 0 Å². The van der Waals surface area contributed by atoms with Crippen molar-refractivity contribution in [3.05, 3.63) is 0 Å². The van der Waals surface area contributed by atoms with Crippen LogP contribution in [0.25, 0.3) is 0 Å². The summed E-state index contributed by atoms with van der Waals surface area (Å²) in [6.45, 7) is 35.8. The predicted molar refractivity (Wildman–Crippen MR) is 181 cm³/mol. The van der Waals surface area contributed by atoms with E-state index in [9.17, 15) is 0 Å². The summed E-state index contributed by atoms with van der Waals surface area (Å²) in [6, 6.07) is 0. The van der Waals surface area contributed by atoms with E-state index in [1.807, 2.05) is 0 Å². The maximum absolute atomic E-state index is 7.89. The Bertz CT molecular complexity index is 743. The van der Waals surface area contributed by atoms with Gasteiger partial charge in [-0.3, -0.25) is 0 Å². The summed E-state index contributed by atoms with van der Waals surface area (Å²) >= 11 is 0. The molecule has 1 rings (SSSR count). The van der Waals surface area contributed by atoms with E-state index in [-0.39, 0.29) is 30.2 Å². The highest BCUT2D eigenvalue weighted by Crippen LogP contribution is 2.73. The predicted octanol–water partition coefficient (Wildman–Crippen LogP) is 1.34. The third kappa shape index (κ3) is 5.86. The van der Waals surface area contributed by atoms with Crippen LogP contribution in [0.4, 0.5) is 0 Å². The molecule has 1 unspecified atom stereocenters. The van der Waals surface area contributed by atoms with Crippen LogP contribution in [-0.4, -0.2) is 86.4 Å². The van der Waals surface area contributed by atoms with Gasteiger partial charge in [0.2, 0.25) is 0 Å². The topological polar surface area (TPSA) is 55.4 Å². The summed E-state index contributed by atoms with van der Waals surface area (Å²) in [5, 5.41) is -0.476. The molecule has 36 heavy (non-hydrogen) atoms. The van der Waals surface area contributed by atoms with Gasteiger partial charge >= 0.3 is 25.7 Å². The summed E-state index contributed by atoms with van der Waals surface area (Å²) in [4.78, 5) is 0. The number of hydrogen-bond acceptors (Lipinski definition) is 6. The molecule has 0 radical (unpaired) electrons. The lowest BCUT2D eigenvalue weighted by Gasteiger charge is -2.69. The Morgan fingerprint density at radius 1 is 0.500 bits per heavy atom. The van der Waals surface area contributed by atoms with Gasteiger partial charge in [-0.05, 0) is 34.8 Å². The van der Waals surface area contributed by atoms with Crippen molar-refractivity contribution in [1.29, 1.82) is 0 Å². The van der Waals surface area contributed by atoms with Gasteiger partial charge in [0.1, 0.15) is 31.5 Å². The molecule has 0 saturated carbocycles. The Hall–Kier alpha value is 1.71. The van der Waals surface area contributed by atoms with Crippen molar-refractivity contribution < 1.29 is 24.7 Å². The molecule has 0 spiro atoms. The van der Waals surface area contributed by atoms with E-state index in [0.717, 1.165) is 31.5 Å². The van der Waals surface area contributed by atoms with Crippen LogP contribution in [0.3, 0.4) is 0 Å². The van der Waals surface area contributed by atoms with Gasteiger partial charge < -0.3 is 24.7 Å². The van der Waals surface area contributed by atoms with E-state index in [1.54, 1.807) is 0 Å². The first-order valence-electron chi connectivity index (χ1n) is 13.4. The molecule has 6 nitrogen and oxygen atoms in total. The molecule has 0 aromatic heterocycles. The van der Waals surface area contributed by atoms with Gasteiger partial charge in [0.15, 0.2) is 29.3 Å². The van der Waals surface area contributed by atoms with Gasteiger partial charge in [-0.15, -0.1) is 0 Å². The highest BCUT2D eigenvalue weighted by molar-refractivity contribution is 6.97. The van der Waals surface area contributed by atoms with E-state index in [2.05, 4.69) is 103 Å². The van der Waals surface area contributed by atoms with Crippen molar-refractivity contribution >= 4 is 86.4 Å². The minimum atomic E-state index is -3.04. The first kappa shape index (κ1) is 35.7. The quantitative estimate of drug-likeness (QED) is 0.295. The Kier molecular flexibility index (Phi) is 11.1. The zero-order valence-electron chi connectivity index (χ0n) is 27.1. The molecule has 0 aromatic carbocycles. The van der Waals surface area contributed by atoms with Crippen LogP contribution >= 0.6 is 0 Å². The Balaban J connectivity index is 4.13. The van der Waals surface area contributed by atoms with Crippen LogP contribution in [0.5, 0.6) is 0 Å². The van der Waals surface area contributed by atoms with Crippen molar-refractivity contribution in [3.8, 4) is 0 Å². The molecule has 1 aliphatic heterocycles. The first-order chi connectivity index (χ1) is 15.8. The zero-order chi connectivity index (χ0) is 28.9. The highest BCUT2D eigenvalue weighted by atomic mass is 28.5. The van der Waals surface area contributed by atoms with E-state index in [4.69, 9.17) is 24.7 Å². The van der Waals surface area contributed by atoms with Crippen molar-refractivity contribution in [2.45, 2.75) is 133 Å². The van der Waals surface area contributed by atoms with Gasteiger partial charge in [-0.2, -0.15) is 0 Å². The molecule has 1 heterocycles. The minimum Gasteiger partial charge on any atom is -0.468 e. The van der Waals surface area contributed by atoms with Crippen molar-refractivity contribution in [2.75, 3.05) is 0 Å². The van der Waals surface area contributed by atoms with Gasteiger partial charge in [-0.1, -0.05) is 83.1 Å².